The van der Waals surface area contributed by atoms with E-state index in [1.807, 2.05) is 42.1 Å². The Labute approximate surface area is 173 Å². The van der Waals surface area contributed by atoms with E-state index in [0.29, 0.717) is 12.5 Å². The van der Waals surface area contributed by atoms with Gasteiger partial charge >= 0.3 is 0 Å². The summed E-state index contributed by atoms with van der Waals surface area (Å²) in [6.45, 7) is 5.74. The minimum Gasteiger partial charge on any atom is -0.489 e. The van der Waals surface area contributed by atoms with Crippen molar-refractivity contribution in [2.75, 3.05) is 12.3 Å². The van der Waals surface area contributed by atoms with Crippen molar-refractivity contribution in [3.8, 4) is 5.75 Å². The predicted molar refractivity (Wildman–Crippen MR) is 117 cm³/mol. The average molecular weight is 398 g/mol. The fourth-order valence-corrected chi connectivity index (χ4v) is 4.89. The zero-order chi connectivity index (χ0) is 19.8. The van der Waals surface area contributed by atoms with Crippen LogP contribution in [0.15, 0.2) is 54.6 Å². The van der Waals surface area contributed by atoms with Gasteiger partial charge in [-0.1, -0.05) is 69.2 Å². The third-order valence-electron chi connectivity index (χ3n) is 5.34. The first kappa shape index (κ1) is 20.8. The second kappa shape index (κ2) is 10.6. The van der Waals surface area contributed by atoms with Crippen LogP contribution in [0.25, 0.3) is 0 Å². The van der Waals surface area contributed by atoms with Crippen molar-refractivity contribution in [3.05, 3.63) is 65.7 Å². The van der Waals surface area contributed by atoms with Crippen LogP contribution in [0.2, 0.25) is 0 Å². The van der Waals surface area contributed by atoms with Gasteiger partial charge in [-0.15, -0.1) is 11.8 Å². The van der Waals surface area contributed by atoms with Crippen LogP contribution in [0.3, 0.4) is 0 Å². The summed E-state index contributed by atoms with van der Waals surface area (Å²) in [5, 5.41) is 0.131. The Morgan fingerprint density at radius 2 is 1.89 bits per heavy atom. The monoisotopic (exact) mass is 397 g/mol. The van der Waals surface area contributed by atoms with E-state index in [-0.39, 0.29) is 11.3 Å². The van der Waals surface area contributed by atoms with Crippen molar-refractivity contribution < 1.29 is 9.53 Å². The topological polar surface area (TPSA) is 29.5 Å². The highest BCUT2D eigenvalue weighted by molar-refractivity contribution is 7.99. The maximum Gasteiger partial charge on any atom is 0.226 e. The summed E-state index contributed by atoms with van der Waals surface area (Å²) >= 11 is 1.86. The molecule has 2 aromatic carbocycles. The van der Waals surface area contributed by atoms with Crippen LogP contribution in [-0.2, 0) is 11.4 Å². The lowest BCUT2D eigenvalue weighted by atomic mass is 9.97. The van der Waals surface area contributed by atoms with Crippen molar-refractivity contribution >= 4 is 17.7 Å². The molecule has 1 aliphatic heterocycles. The molecule has 1 fully saturated rings. The number of nitrogens with zero attached hydrogens (tertiary/aromatic N) is 1. The molecule has 2 aromatic rings. The maximum atomic E-state index is 13.1. The van der Waals surface area contributed by atoms with Crippen molar-refractivity contribution in [3.63, 3.8) is 0 Å². The molecule has 0 spiro atoms. The van der Waals surface area contributed by atoms with Gasteiger partial charge in [-0.05, 0) is 36.1 Å². The number of benzene rings is 2. The van der Waals surface area contributed by atoms with E-state index in [2.05, 4.69) is 43.0 Å². The molecular formula is C24H31NO2S. The number of carbonyl (C=O) groups excluding carboxylic acids is 1. The van der Waals surface area contributed by atoms with Gasteiger partial charge in [0.1, 0.15) is 17.7 Å². The van der Waals surface area contributed by atoms with Gasteiger partial charge in [0, 0.05) is 18.2 Å². The number of carbonyl (C=O) groups is 1. The van der Waals surface area contributed by atoms with Crippen LogP contribution >= 0.6 is 11.8 Å². The van der Waals surface area contributed by atoms with E-state index >= 15 is 0 Å². The Balaban J connectivity index is 1.62. The summed E-state index contributed by atoms with van der Waals surface area (Å²) in [7, 11) is 0. The molecule has 0 N–H and O–H groups in total. The first-order valence-electron chi connectivity index (χ1n) is 10.4. The first-order valence-corrected chi connectivity index (χ1v) is 11.5. The molecule has 1 saturated heterocycles. The van der Waals surface area contributed by atoms with Gasteiger partial charge in [0.25, 0.3) is 0 Å². The van der Waals surface area contributed by atoms with Crippen molar-refractivity contribution in [2.45, 2.75) is 51.5 Å². The molecule has 150 valence electrons. The smallest absolute Gasteiger partial charge is 0.226 e. The van der Waals surface area contributed by atoms with Crippen LogP contribution in [0.5, 0.6) is 5.75 Å². The number of ether oxygens (including phenoxy) is 1. The number of hydrogen-bond donors (Lipinski definition) is 0. The summed E-state index contributed by atoms with van der Waals surface area (Å²) < 4.78 is 5.90. The van der Waals surface area contributed by atoms with Crippen LogP contribution in [0.4, 0.5) is 0 Å². The highest BCUT2D eigenvalue weighted by Gasteiger charge is 2.33. The Hall–Kier alpha value is -1.94. The molecule has 1 heterocycles. The summed E-state index contributed by atoms with van der Waals surface area (Å²) in [6, 6.07) is 18.4. The third kappa shape index (κ3) is 5.32. The van der Waals surface area contributed by atoms with Crippen molar-refractivity contribution in [1.82, 2.24) is 4.90 Å². The van der Waals surface area contributed by atoms with Crippen LogP contribution in [0.1, 0.15) is 56.0 Å². The van der Waals surface area contributed by atoms with E-state index in [9.17, 15) is 4.79 Å². The minimum absolute atomic E-state index is 0.131. The highest BCUT2D eigenvalue weighted by Crippen LogP contribution is 2.39. The fourth-order valence-electron chi connectivity index (χ4n) is 3.63. The summed E-state index contributed by atoms with van der Waals surface area (Å²) in [5.41, 5.74) is 2.35. The van der Waals surface area contributed by atoms with Crippen molar-refractivity contribution in [2.24, 2.45) is 5.92 Å². The largest absolute Gasteiger partial charge is 0.489 e. The Morgan fingerprint density at radius 3 is 2.57 bits per heavy atom. The Morgan fingerprint density at radius 1 is 1.14 bits per heavy atom. The zero-order valence-electron chi connectivity index (χ0n) is 17.0. The molecule has 0 bridgehead atoms. The molecule has 1 amide bonds. The molecule has 1 aliphatic rings. The van der Waals surface area contributed by atoms with Crippen LogP contribution in [-0.4, -0.2) is 23.1 Å². The second-order valence-corrected chi connectivity index (χ2v) is 8.53. The predicted octanol–water partition coefficient (Wildman–Crippen LogP) is 6.06. The van der Waals surface area contributed by atoms with Gasteiger partial charge in [0.2, 0.25) is 5.91 Å². The van der Waals surface area contributed by atoms with E-state index in [1.165, 1.54) is 5.56 Å². The van der Waals surface area contributed by atoms with Crippen LogP contribution in [0, 0.1) is 5.92 Å². The number of amides is 1. The van der Waals surface area contributed by atoms with Crippen molar-refractivity contribution in [1.29, 1.82) is 0 Å². The van der Waals surface area contributed by atoms with E-state index in [0.717, 1.165) is 49.3 Å². The average Bonchev–Trinajstić information content (AvgIpc) is 3.23. The molecule has 0 saturated carbocycles. The minimum atomic E-state index is 0.131. The molecule has 0 radical (unpaired) electrons. The molecular weight excluding hydrogens is 366 g/mol. The first-order chi connectivity index (χ1) is 13.7. The van der Waals surface area contributed by atoms with Gasteiger partial charge in [0.05, 0.1) is 0 Å². The maximum absolute atomic E-state index is 13.1. The number of thioether (sulfide) groups is 1. The summed E-state index contributed by atoms with van der Waals surface area (Å²) in [4.78, 5) is 15.2. The van der Waals surface area contributed by atoms with Gasteiger partial charge in [-0.3, -0.25) is 4.79 Å². The standard InChI is InChI=1S/C24H31NO2S/c1-3-5-11-20(4-2)23(26)25-16-17-28-24(25)21-12-14-22(15-13-21)27-18-19-9-7-6-8-10-19/h6-10,12-15,20,24H,3-5,11,16-18H2,1-2H3. The van der Waals surface area contributed by atoms with Gasteiger partial charge in [0.15, 0.2) is 0 Å². The zero-order valence-corrected chi connectivity index (χ0v) is 17.8. The summed E-state index contributed by atoms with van der Waals surface area (Å²) in [6.07, 6.45) is 4.21. The van der Waals surface area contributed by atoms with E-state index < -0.39 is 0 Å². The summed E-state index contributed by atoms with van der Waals surface area (Å²) in [5.74, 6) is 2.36. The van der Waals surface area contributed by atoms with Gasteiger partial charge in [-0.2, -0.15) is 0 Å². The molecule has 0 aliphatic carbocycles. The lowest BCUT2D eigenvalue weighted by molar-refractivity contribution is -0.136. The molecule has 2 atom stereocenters. The van der Waals surface area contributed by atoms with E-state index in [4.69, 9.17) is 4.74 Å². The van der Waals surface area contributed by atoms with Gasteiger partial charge < -0.3 is 9.64 Å². The Bertz CT molecular complexity index is 732. The molecule has 3 nitrogen and oxygen atoms in total. The normalized spacial score (nSPS) is 17.5. The quantitative estimate of drug-likeness (QED) is 0.515. The van der Waals surface area contributed by atoms with Gasteiger partial charge in [-0.25, -0.2) is 0 Å². The lowest BCUT2D eigenvalue weighted by Gasteiger charge is -2.28. The SMILES string of the molecule is CCCCC(CC)C(=O)N1CCSC1c1ccc(OCc2ccccc2)cc1. The highest BCUT2D eigenvalue weighted by atomic mass is 32.2. The molecule has 3 rings (SSSR count). The fraction of sp³-hybridized carbons (Fsp3) is 0.458. The number of hydrogen-bond acceptors (Lipinski definition) is 3. The second-order valence-electron chi connectivity index (χ2n) is 7.35. The lowest BCUT2D eigenvalue weighted by Crippen LogP contribution is -2.35. The Kier molecular flexibility index (Phi) is 7.84. The van der Waals surface area contributed by atoms with E-state index in [1.54, 1.807) is 0 Å². The molecule has 2 unspecified atom stereocenters. The number of unbranched alkanes of at least 4 members (excludes halogenated alkanes) is 1. The van der Waals surface area contributed by atoms with Crippen LogP contribution < -0.4 is 4.74 Å². The molecule has 0 aromatic heterocycles. The molecule has 28 heavy (non-hydrogen) atoms. The third-order valence-corrected chi connectivity index (χ3v) is 6.60. The molecule has 4 heteroatoms. The number of rotatable bonds is 9.